The maximum Gasteiger partial charge on any atom is 0.372 e. The second-order valence-corrected chi connectivity index (χ2v) is 5.50. The normalized spacial score (nSPS) is 13.7. The Kier molecular flexibility index (Phi) is 3.98. The van der Waals surface area contributed by atoms with Crippen LogP contribution in [0.4, 0.5) is 0 Å². The van der Waals surface area contributed by atoms with Crippen LogP contribution in [-0.4, -0.2) is 17.1 Å². The quantitative estimate of drug-likeness (QED) is 0.848. The van der Waals surface area contributed by atoms with Gasteiger partial charge in [0.2, 0.25) is 5.76 Å². The molecule has 1 aromatic rings. The van der Waals surface area contributed by atoms with Crippen LogP contribution in [0.1, 0.15) is 49.6 Å². The molecule has 0 aromatic carbocycles. The third-order valence-electron chi connectivity index (χ3n) is 3.04. The van der Waals surface area contributed by atoms with Gasteiger partial charge in [-0.15, -0.1) is 0 Å². The summed E-state index contributed by atoms with van der Waals surface area (Å²) in [5.74, 6) is -0.321. The molecule has 4 heteroatoms. The third kappa shape index (κ3) is 3.60. The van der Waals surface area contributed by atoms with E-state index in [0.29, 0.717) is 23.9 Å². The van der Waals surface area contributed by atoms with Gasteiger partial charge in [-0.25, -0.2) is 4.79 Å². The fourth-order valence-electron chi connectivity index (χ4n) is 1.41. The van der Waals surface area contributed by atoms with Gasteiger partial charge in [-0.1, -0.05) is 20.8 Å². The molecular formula is C13H21NO3. The molecule has 1 unspecified atom stereocenters. The summed E-state index contributed by atoms with van der Waals surface area (Å²) in [6.07, 6.45) is 0. The molecule has 4 nitrogen and oxygen atoms in total. The van der Waals surface area contributed by atoms with Crippen molar-refractivity contribution in [2.75, 3.05) is 0 Å². The number of hydrogen-bond donors (Lipinski definition) is 2. The fraction of sp³-hybridized carbons (Fsp3) is 0.615. The summed E-state index contributed by atoms with van der Waals surface area (Å²) in [5.41, 5.74) is 0.829. The second-order valence-electron chi connectivity index (χ2n) is 5.50. The predicted molar refractivity (Wildman–Crippen MR) is 66.2 cm³/mol. The number of rotatable bonds is 4. The molecule has 1 aromatic heterocycles. The highest BCUT2D eigenvalue weighted by Gasteiger charge is 2.20. The molecule has 0 aliphatic heterocycles. The van der Waals surface area contributed by atoms with Crippen molar-refractivity contribution >= 4 is 5.97 Å². The van der Waals surface area contributed by atoms with Crippen LogP contribution in [0.3, 0.4) is 0 Å². The van der Waals surface area contributed by atoms with Gasteiger partial charge >= 0.3 is 5.97 Å². The summed E-state index contributed by atoms with van der Waals surface area (Å²) >= 11 is 0. The molecule has 0 fully saturated rings. The van der Waals surface area contributed by atoms with Crippen LogP contribution in [0.15, 0.2) is 10.5 Å². The molecular weight excluding hydrogens is 218 g/mol. The number of nitrogens with one attached hydrogen (secondary N) is 1. The Morgan fingerprint density at radius 3 is 2.53 bits per heavy atom. The van der Waals surface area contributed by atoms with Gasteiger partial charge in [0.05, 0.1) is 6.54 Å². The number of furan rings is 1. The Labute approximate surface area is 102 Å². The summed E-state index contributed by atoms with van der Waals surface area (Å²) in [7, 11) is 0. The van der Waals surface area contributed by atoms with Crippen LogP contribution >= 0.6 is 0 Å². The van der Waals surface area contributed by atoms with E-state index in [1.807, 2.05) is 0 Å². The smallest absolute Gasteiger partial charge is 0.372 e. The highest BCUT2D eigenvalue weighted by molar-refractivity contribution is 5.86. The number of aromatic carboxylic acids is 1. The van der Waals surface area contributed by atoms with Crippen molar-refractivity contribution in [2.24, 2.45) is 5.41 Å². The van der Waals surface area contributed by atoms with E-state index in [9.17, 15) is 4.79 Å². The van der Waals surface area contributed by atoms with Crippen LogP contribution in [0.5, 0.6) is 0 Å². The molecule has 1 atom stereocenters. The lowest BCUT2D eigenvalue weighted by molar-refractivity contribution is 0.0659. The minimum Gasteiger partial charge on any atom is -0.475 e. The topological polar surface area (TPSA) is 62.5 Å². The average Bonchev–Trinajstić information content (AvgIpc) is 2.54. The maximum atomic E-state index is 10.8. The molecule has 0 bridgehead atoms. The number of hydrogen-bond acceptors (Lipinski definition) is 3. The molecule has 17 heavy (non-hydrogen) atoms. The first kappa shape index (κ1) is 13.8. The molecule has 96 valence electrons. The van der Waals surface area contributed by atoms with Gasteiger partial charge in [-0.05, 0) is 25.3 Å². The Morgan fingerprint density at radius 1 is 1.53 bits per heavy atom. The lowest BCUT2D eigenvalue weighted by Crippen LogP contribution is -2.37. The number of aryl methyl sites for hydroxylation is 1. The number of carboxylic acids is 1. The Bertz CT molecular complexity index is 401. The molecule has 0 aliphatic carbocycles. The minimum absolute atomic E-state index is 0.0326. The van der Waals surface area contributed by atoms with Gasteiger partial charge in [-0.2, -0.15) is 0 Å². The molecule has 0 spiro atoms. The van der Waals surface area contributed by atoms with E-state index in [-0.39, 0.29) is 11.2 Å². The summed E-state index contributed by atoms with van der Waals surface area (Å²) in [6, 6.07) is 2.09. The first-order valence-corrected chi connectivity index (χ1v) is 5.78. The van der Waals surface area contributed by atoms with Gasteiger partial charge in [0, 0.05) is 11.6 Å². The van der Waals surface area contributed by atoms with Crippen LogP contribution in [-0.2, 0) is 6.54 Å². The first-order chi connectivity index (χ1) is 7.71. The van der Waals surface area contributed by atoms with Crippen LogP contribution in [0, 0.1) is 12.3 Å². The zero-order valence-corrected chi connectivity index (χ0v) is 11.1. The van der Waals surface area contributed by atoms with Crippen molar-refractivity contribution in [2.45, 2.75) is 47.2 Å². The van der Waals surface area contributed by atoms with Crippen molar-refractivity contribution in [3.63, 3.8) is 0 Å². The van der Waals surface area contributed by atoms with Crippen LogP contribution in [0.2, 0.25) is 0 Å². The van der Waals surface area contributed by atoms with E-state index in [0.717, 1.165) is 0 Å². The van der Waals surface area contributed by atoms with Crippen molar-refractivity contribution < 1.29 is 14.3 Å². The minimum atomic E-state index is -1.02. The molecule has 1 heterocycles. The average molecular weight is 239 g/mol. The predicted octanol–water partition coefficient (Wildman–Crippen LogP) is 2.81. The van der Waals surface area contributed by atoms with Crippen molar-refractivity contribution in [1.82, 2.24) is 5.32 Å². The third-order valence-corrected chi connectivity index (χ3v) is 3.04. The zero-order chi connectivity index (χ0) is 13.2. The SMILES string of the molecule is Cc1cc(CNC(C)C(C)(C)C)oc1C(=O)O. The van der Waals surface area contributed by atoms with Gasteiger partial charge < -0.3 is 14.8 Å². The summed E-state index contributed by atoms with van der Waals surface area (Å²) < 4.78 is 5.28. The van der Waals surface area contributed by atoms with E-state index in [1.165, 1.54) is 0 Å². The maximum absolute atomic E-state index is 10.8. The highest BCUT2D eigenvalue weighted by Crippen LogP contribution is 2.20. The lowest BCUT2D eigenvalue weighted by atomic mass is 9.88. The van der Waals surface area contributed by atoms with Crippen molar-refractivity contribution in [3.8, 4) is 0 Å². The molecule has 0 radical (unpaired) electrons. The zero-order valence-electron chi connectivity index (χ0n) is 11.1. The molecule has 2 N–H and O–H groups in total. The summed E-state index contributed by atoms with van der Waals surface area (Å²) in [6.45, 7) is 10.9. The Balaban J connectivity index is 2.65. The molecule has 0 aliphatic rings. The van der Waals surface area contributed by atoms with Crippen molar-refractivity contribution in [1.29, 1.82) is 0 Å². The van der Waals surface area contributed by atoms with E-state index < -0.39 is 5.97 Å². The van der Waals surface area contributed by atoms with E-state index >= 15 is 0 Å². The van der Waals surface area contributed by atoms with Gasteiger partial charge in [0.25, 0.3) is 0 Å². The Hall–Kier alpha value is -1.29. The largest absolute Gasteiger partial charge is 0.475 e. The van der Waals surface area contributed by atoms with Gasteiger partial charge in [0.1, 0.15) is 5.76 Å². The monoisotopic (exact) mass is 239 g/mol. The molecule has 0 saturated heterocycles. The Morgan fingerprint density at radius 2 is 2.12 bits per heavy atom. The van der Waals surface area contributed by atoms with Crippen molar-refractivity contribution in [3.05, 3.63) is 23.2 Å². The standard InChI is InChI=1S/C13H21NO3/c1-8-6-10(17-11(8)12(15)16)7-14-9(2)13(3,4)5/h6,9,14H,7H2,1-5H3,(H,15,16). The van der Waals surface area contributed by atoms with E-state index in [2.05, 4.69) is 33.0 Å². The fourth-order valence-corrected chi connectivity index (χ4v) is 1.41. The van der Waals surface area contributed by atoms with Gasteiger partial charge in [-0.3, -0.25) is 0 Å². The summed E-state index contributed by atoms with van der Waals surface area (Å²) in [4.78, 5) is 10.8. The van der Waals surface area contributed by atoms with Crippen LogP contribution < -0.4 is 5.32 Å². The lowest BCUT2D eigenvalue weighted by Gasteiger charge is -2.27. The molecule has 0 amide bonds. The second kappa shape index (κ2) is 4.92. The van der Waals surface area contributed by atoms with E-state index in [1.54, 1.807) is 13.0 Å². The first-order valence-electron chi connectivity index (χ1n) is 5.78. The summed E-state index contributed by atoms with van der Waals surface area (Å²) in [5, 5.41) is 12.2. The number of carbonyl (C=O) groups is 1. The van der Waals surface area contributed by atoms with Crippen LogP contribution in [0.25, 0.3) is 0 Å². The number of carboxylic acid groups (broad SMARTS) is 1. The highest BCUT2D eigenvalue weighted by atomic mass is 16.4. The molecule has 0 saturated carbocycles. The van der Waals surface area contributed by atoms with Gasteiger partial charge in [0.15, 0.2) is 0 Å². The van der Waals surface area contributed by atoms with E-state index in [4.69, 9.17) is 9.52 Å². The molecule has 1 rings (SSSR count).